The van der Waals surface area contributed by atoms with Crippen LogP contribution in [0.4, 0.5) is 0 Å². The first-order chi connectivity index (χ1) is 20.4. The second-order valence-electron chi connectivity index (χ2n) is 10.6. The number of ether oxygens (including phenoxy) is 2. The van der Waals surface area contributed by atoms with Gasteiger partial charge in [0, 0.05) is 25.4 Å². The number of carbonyl (C=O) groups excluding carboxylic acids is 2. The van der Waals surface area contributed by atoms with Gasteiger partial charge in [-0.25, -0.2) is 0 Å². The van der Waals surface area contributed by atoms with Crippen LogP contribution in [-0.4, -0.2) is 42.0 Å². The van der Waals surface area contributed by atoms with Gasteiger partial charge in [-0.05, 0) is 74.1 Å². The maximum Gasteiger partial charge on any atom is 0.243 e. The molecular formula is C34H40Cl2N2O4. The number of hydrogen-bond donors (Lipinski definition) is 1. The molecule has 0 heterocycles. The molecule has 0 radical (unpaired) electrons. The minimum Gasteiger partial charge on any atom is -0.490 e. The van der Waals surface area contributed by atoms with E-state index >= 15 is 0 Å². The van der Waals surface area contributed by atoms with Crippen molar-refractivity contribution in [1.82, 2.24) is 10.2 Å². The number of nitrogens with one attached hydrogen (secondary N) is 1. The molecule has 0 aliphatic heterocycles. The van der Waals surface area contributed by atoms with Crippen molar-refractivity contribution in [1.29, 1.82) is 0 Å². The Bertz CT molecular complexity index is 1330. The van der Waals surface area contributed by atoms with Gasteiger partial charge in [-0.2, -0.15) is 0 Å². The summed E-state index contributed by atoms with van der Waals surface area (Å²) < 4.78 is 11.5. The minimum absolute atomic E-state index is 0.115. The third-order valence-corrected chi connectivity index (χ3v) is 8.28. The van der Waals surface area contributed by atoms with Gasteiger partial charge in [0.2, 0.25) is 11.8 Å². The third-order valence-electron chi connectivity index (χ3n) is 7.54. The molecule has 224 valence electrons. The average molecular weight is 612 g/mol. The summed E-state index contributed by atoms with van der Waals surface area (Å²) in [5, 5.41) is 4.10. The third kappa shape index (κ3) is 8.89. The fourth-order valence-electron chi connectivity index (χ4n) is 5.40. The Morgan fingerprint density at radius 1 is 0.857 bits per heavy atom. The van der Waals surface area contributed by atoms with Crippen molar-refractivity contribution in [3.05, 3.63) is 93.5 Å². The molecule has 0 bridgehead atoms. The molecule has 1 aliphatic rings. The fourth-order valence-corrected chi connectivity index (χ4v) is 5.72. The van der Waals surface area contributed by atoms with E-state index in [0.717, 1.165) is 42.4 Å². The number of amides is 2. The lowest BCUT2D eigenvalue weighted by Gasteiger charge is -2.32. The smallest absolute Gasteiger partial charge is 0.243 e. The summed E-state index contributed by atoms with van der Waals surface area (Å²) in [5.41, 5.74) is 2.76. The van der Waals surface area contributed by atoms with Crippen LogP contribution in [0.5, 0.6) is 11.5 Å². The van der Waals surface area contributed by atoms with Crippen LogP contribution in [-0.2, 0) is 29.0 Å². The molecule has 2 amide bonds. The van der Waals surface area contributed by atoms with E-state index in [0.29, 0.717) is 47.6 Å². The van der Waals surface area contributed by atoms with Crippen LogP contribution in [0.3, 0.4) is 0 Å². The molecule has 6 nitrogen and oxygen atoms in total. The predicted octanol–water partition coefficient (Wildman–Crippen LogP) is 7.42. The van der Waals surface area contributed by atoms with Crippen LogP contribution < -0.4 is 14.8 Å². The number of nitrogens with zero attached hydrogens (tertiary/aromatic N) is 1. The Morgan fingerprint density at radius 2 is 1.55 bits per heavy atom. The lowest BCUT2D eigenvalue weighted by molar-refractivity contribution is -0.141. The van der Waals surface area contributed by atoms with Gasteiger partial charge in [-0.1, -0.05) is 78.5 Å². The summed E-state index contributed by atoms with van der Waals surface area (Å²) >= 11 is 12.5. The molecule has 42 heavy (non-hydrogen) atoms. The lowest BCUT2D eigenvalue weighted by Crippen LogP contribution is -2.52. The van der Waals surface area contributed by atoms with E-state index in [-0.39, 0.29) is 30.8 Å². The van der Waals surface area contributed by atoms with Gasteiger partial charge in [0.15, 0.2) is 11.5 Å². The van der Waals surface area contributed by atoms with Crippen LogP contribution >= 0.6 is 23.2 Å². The van der Waals surface area contributed by atoms with Gasteiger partial charge in [-0.3, -0.25) is 9.59 Å². The number of hydrogen-bond acceptors (Lipinski definition) is 4. The number of halogens is 2. The highest BCUT2D eigenvalue weighted by atomic mass is 35.5. The highest BCUT2D eigenvalue weighted by Gasteiger charge is 2.32. The first-order valence-corrected chi connectivity index (χ1v) is 15.6. The standard InChI is InChI=1S/C34H40Cl2N2O4/c1-3-41-31-18-15-25(22-32(31)42-4-2)16-19-33(39)38(23-26-14-17-28(35)29(36)20-26)30(21-24-10-6-5-7-11-24)34(40)37-27-12-8-9-13-27/h5-7,10-11,14-15,17-18,20,22,27,30H,3-4,8-9,12-13,16,19,21,23H2,1-2H3,(H,37,40)/t30-/m0/s1. The van der Waals surface area contributed by atoms with E-state index in [1.165, 1.54) is 0 Å². The number of aryl methyl sites for hydroxylation is 1. The van der Waals surface area contributed by atoms with Crippen molar-refractivity contribution in [3.8, 4) is 11.5 Å². The van der Waals surface area contributed by atoms with E-state index in [2.05, 4.69) is 5.32 Å². The van der Waals surface area contributed by atoms with Crippen LogP contribution in [0.2, 0.25) is 10.0 Å². The Balaban J connectivity index is 1.61. The van der Waals surface area contributed by atoms with E-state index in [9.17, 15) is 9.59 Å². The van der Waals surface area contributed by atoms with Crippen molar-refractivity contribution in [2.75, 3.05) is 13.2 Å². The number of rotatable bonds is 14. The quantitative estimate of drug-likeness (QED) is 0.206. The molecule has 1 N–H and O–H groups in total. The van der Waals surface area contributed by atoms with Gasteiger partial charge < -0.3 is 19.7 Å². The summed E-state index contributed by atoms with van der Waals surface area (Å²) in [7, 11) is 0. The van der Waals surface area contributed by atoms with Crippen molar-refractivity contribution in [2.45, 2.75) is 77.4 Å². The van der Waals surface area contributed by atoms with Crippen LogP contribution in [0.1, 0.15) is 62.6 Å². The molecule has 1 atom stereocenters. The van der Waals surface area contributed by atoms with E-state index in [4.69, 9.17) is 32.7 Å². The zero-order chi connectivity index (χ0) is 29.9. The summed E-state index contributed by atoms with van der Waals surface area (Å²) in [6.45, 7) is 5.14. The Hall–Kier alpha value is -3.22. The zero-order valence-corrected chi connectivity index (χ0v) is 25.9. The summed E-state index contributed by atoms with van der Waals surface area (Å²) in [6.07, 6.45) is 5.26. The Labute approximate surface area is 259 Å². The second kappa shape index (κ2) is 15.9. The zero-order valence-electron chi connectivity index (χ0n) is 24.4. The molecule has 1 aliphatic carbocycles. The summed E-state index contributed by atoms with van der Waals surface area (Å²) in [5.74, 6) is 1.10. The molecule has 0 spiro atoms. The second-order valence-corrected chi connectivity index (χ2v) is 11.4. The molecule has 0 unspecified atom stereocenters. The van der Waals surface area contributed by atoms with Crippen molar-refractivity contribution in [3.63, 3.8) is 0 Å². The van der Waals surface area contributed by atoms with Crippen molar-refractivity contribution < 1.29 is 19.1 Å². The monoisotopic (exact) mass is 610 g/mol. The fraction of sp³-hybridized carbons (Fsp3) is 0.412. The molecular weight excluding hydrogens is 571 g/mol. The highest BCUT2D eigenvalue weighted by Crippen LogP contribution is 2.30. The molecule has 0 saturated heterocycles. The van der Waals surface area contributed by atoms with E-state index < -0.39 is 6.04 Å². The average Bonchev–Trinajstić information content (AvgIpc) is 3.50. The van der Waals surface area contributed by atoms with Gasteiger partial charge in [0.1, 0.15) is 6.04 Å². The molecule has 1 saturated carbocycles. The molecule has 4 rings (SSSR count). The molecule has 3 aromatic carbocycles. The summed E-state index contributed by atoms with van der Waals surface area (Å²) in [4.78, 5) is 29.6. The van der Waals surface area contributed by atoms with Crippen LogP contribution in [0, 0.1) is 0 Å². The van der Waals surface area contributed by atoms with Crippen molar-refractivity contribution >= 4 is 35.0 Å². The Morgan fingerprint density at radius 3 is 2.24 bits per heavy atom. The maximum atomic E-state index is 14.1. The lowest BCUT2D eigenvalue weighted by atomic mass is 10.0. The topological polar surface area (TPSA) is 67.9 Å². The first kappa shape index (κ1) is 31.7. The maximum absolute atomic E-state index is 14.1. The minimum atomic E-state index is -0.686. The van der Waals surface area contributed by atoms with Gasteiger partial charge in [0.05, 0.1) is 23.3 Å². The SMILES string of the molecule is CCOc1ccc(CCC(=O)N(Cc2ccc(Cl)c(Cl)c2)[C@@H](Cc2ccccc2)C(=O)NC2CCCC2)cc1OCC. The van der Waals surface area contributed by atoms with Gasteiger partial charge in [-0.15, -0.1) is 0 Å². The number of carbonyl (C=O) groups is 2. The predicted molar refractivity (Wildman–Crippen MR) is 168 cm³/mol. The Kier molecular flexibility index (Phi) is 12.0. The molecule has 3 aromatic rings. The van der Waals surface area contributed by atoms with Crippen LogP contribution in [0.25, 0.3) is 0 Å². The number of benzene rings is 3. The van der Waals surface area contributed by atoms with Crippen LogP contribution in [0.15, 0.2) is 66.7 Å². The largest absolute Gasteiger partial charge is 0.490 e. The normalized spacial score (nSPS) is 13.9. The molecule has 1 fully saturated rings. The highest BCUT2D eigenvalue weighted by molar-refractivity contribution is 6.42. The summed E-state index contributed by atoms with van der Waals surface area (Å²) in [6, 6.07) is 20.4. The van der Waals surface area contributed by atoms with E-state index in [1.54, 1.807) is 17.0 Å². The van der Waals surface area contributed by atoms with E-state index in [1.807, 2.05) is 68.4 Å². The van der Waals surface area contributed by atoms with Gasteiger partial charge in [0.25, 0.3) is 0 Å². The molecule has 0 aromatic heterocycles. The first-order valence-electron chi connectivity index (χ1n) is 14.8. The van der Waals surface area contributed by atoms with Gasteiger partial charge >= 0.3 is 0 Å². The molecule has 8 heteroatoms. The van der Waals surface area contributed by atoms with Crippen molar-refractivity contribution in [2.24, 2.45) is 0 Å².